The minimum Gasteiger partial charge on any atom is -0.393 e. The van der Waals surface area contributed by atoms with E-state index >= 15 is 0 Å². The van der Waals surface area contributed by atoms with Gasteiger partial charge in [0.2, 0.25) is 0 Å². The first-order valence-corrected chi connectivity index (χ1v) is 7.37. The van der Waals surface area contributed by atoms with Crippen molar-refractivity contribution >= 4 is 11.8 Å². The fraction of sp³-hybridized carbons (Fsp3) is 0.467. The van der Waals surface area contributed by atoms with Crippen molar-refractivity contribution in [3.63, 3.8) is 0 Å². The maximum atomic E-state index is 9.83. The summed E-state index contributed by atoms with van der Waals surface area (Å²) in [4.78, 5) is 1.31. The van der Waals surface area contributed by atoms with E-state index < -0.39 is 0 Å². The van der Waals surface area contributed by atoms with Crippen molar-refractivity contribution in [3.05, 3.63) is 42.5 Å². The van der Waals surface area contributed by atoms with Gasteiger partial charge in [-0.3, -0.25) is 0 Å². The summed E-state index contributed by atoms with van der Waals surface area (Å²) in [6, 6.07) is 10.4. The topological polar surface area (TPSA) is 20.2 Å². The molecule has 1 fully saturated rings. The molecular formula is C15H20OS. The van der Waals surface area contributed by atoms with Gasteiger partial charge < -0.3 is 5.11 Å². The van der Waals surface area contributed by atoms with E-state index in [9.17, 15) is 5.11 Å². The molecule has 2 heteroatoms. The van der Waals surface area contributed by atoms with E-state index in [1.54, 1.807) is 0 Å². The lowest BCUT2D eigenvalue weighted by Crippen LogP contribution is -2.22. The molecule has 0 bridgehead atoms. The van der Waals surface area contributed by atoms with E-state index in [0.717, 1.165) is 18.6 Å². The van der Waals surface area contributed by atoms with Gasteiger partial charge in [-0.1, -0.05) is 43.2 Å². The van der Waals surface area contributed by atoms with Gasteiger partial charge in [0.05, 0.1) is 6.10 Å². The molecule has 0 amide bonds. The zero-order valence-corrected chi connectivity index (χ0v) is 10.9. The summed E-state index contributed by atoms with van der Waals surface area (Å²) in [5.74, 6) is 1.38. The molecule has 0 saturated heterocycles. The molecule has 0 aromatic heterocycles. The molecule has 2 rings (SSSR count). The number of aliphatic hydroxyl groups excluding tert-OH is 1. The quantitative estimate of drug-likeness (QED) is 0.644. The van der Waals surface area contributed by atoms with E-state index in [4.69, 9.17) is 0 Å². The van der Waals surface area contributed by atoms with Crippen LogP contribution < -0.4 is 0 Å². The van der Waals surface area contributed by atoms with Crippen LogP contribution in [0.4, 0.5) is 0 Å². The second kappa shape index (κ2) is 6.87. The lowest BCUT2D eigenvalue weighted by molar-refractivity contribution is 0.0927. The average molecular weight is 248 g/mol. The minimum absolute atomic E-state index is 0.110. The van der Waals surface area contributed by atoms with Gasteiger partial charge in [-0.25, -0.2) is 0 Å². The second-order valence-electron chi connectivity index (χ2n) is 4.57. The Kier molecular flexibility index (Phi) is 5.14. The van der Waals surface area contributed by atoms with Crippen LogP contribution in [0, 0.1) is 5.92 Å². The largest absolute Gasteiger partial charge is 0.393 e. The normalized spacial score (nSPS) is 25.2. The predicted molar refractivity (Wildman–Crippen MR) is 74.3 cm³/mol. The average Bonchev–Trinajstić information content (AvgIpc) is 2.38. The Hall–Kier alpha value is -0.730. The Labute approximate surface area is 108 Å². The lowest BCUT2D eigenvalue weighted by Gasteiger charge is -2.24. The van der Waals surface area contributed by atoms with Crippen molar-refractivity contribution in [2.75, 3.05) is 5.75 Å². The van der Waals surface area contributed by atoms with Crippen LogP contribution in [-0.2, 0) is 0 Å². The summed E-state index contributed by atoms with van der Waals surface area (Å²) >= 11 is 1.84. The van der Waals surface area contributed by atoms with Gasteiger partial charge in [-0.05, 0) is 25.0 Å². The maximum absolute atomic E-state index is 9.83. The van der Waals surface area contributed by atoms with E-state index in [1.807, 2.05) is 17.8 Å². The molecule has 0 heterocycles. The van der Waals surface area contributed by atoms with Crippen LogP contribution in [0.1, 0.15) is 25.7 Å². The van der Waals surface area contributed by atoms with Gasteiger partial charge in [-0.2, -0.15) is 0 Å². The Morgan fingerprint density at radius 3 is 2.71 bits per heavy atom. The third kappa shape index (κ3) is 4.21. The van der Waals surface area contributed by atoms with Crippen molar-refractivity contribution in [2.24, 2.45) is 5.92 Å². The minimum atomic E-state index is -0.110. The third-order valence-corrected chi connectivity index (χ3v) is 4.22. The zero-order valence-electron chi connectivity index (χ0n) is 10.1. The van der Waals surface area contributed by atoms with Crippen molar-refractivity contribution in [1.82, 2.24) is 0 Å². The molecule has 2 atom stereocenters. The van der Waals surface area contributed by atoms with Crippen LogP contribution in [0.25, 0.3) is 0 Å². The summed E-state index contributed by atoms with van der Waals surface area (Å²) in [6.45, 7) is 0. The van der Waals surface area contributed by atoms with Crippen LogP contribution in [0.5, 0.6) is 0 Å². The van der Waals surface area contributed by atoms with Gasteiger partial charge in [0.1, 0.15) is 0 Å². The molecule has 1 aliphatic rings. The second-order valence-corrected chi connectivity index (χ2v) is 5.66. The summed E-state index contributed by atoms with van der Waals surface area (Å²) < 4.78 is 0. The molecule has 1 aromatic rings. The number of hydrogen-bond donors (Lipinski definition) is 1. The van der Waals surface area contributed by atoms with Gasteiger partial charge in [0.25, 0.3) is 0 Å². The van der Waals surface area contributed by atoms with E-state index in [-0.39, 0.29) is 6.10 Å². The maximum Gasteiger partial charge on any atom is 0.0602 e. The smallest absolute Gasteiger partial charge is 0.0602 e. The first-order chi connectivity index (χ1) is 8.36. The Balaban J connectivity index is 1.74. The molecule has 0 radical (unpaired) electrons. The Bertz CT molecular complexity index is 347. The highest BCUT2D eigenvalue weighted by molar-refractivity contribution is 7.99. The summed E-state index contributed by atoms with van der Waals surface area (Å²) in [6.07, 6.45) is 8.87. The van der Waals surface area contributed by atoms with Crippen LogP contribution in [0.3, 0.4) is 0 Å². The first kappa shape index (κ1) is 12.7. The van der Waals surface area contributed by atoms with Gasteiger partial charge in [0.15, 0.2) is 0 Å². The Morgan fingerprint density at radius 1 is 1.18 bits per heavy atom. The number of thioether (sulfide) groups is 1. The molecular weight excluding hydrogens is 228 g/mol. The lowest BCUT2D eigenvalue weighted by atomic mass is 9.86. The van der Waals surface area contributed by atoms with Crippen LogP contribution >= 0.6 is 11.8 Å². The molecule has 1 aromatic carbocycles. The van der Waals surface area contributed by atoms with Crippen LogP contribution in [0.2, 0.25) is 0 Å². The highest BCUT2D eigenvalue weighted by Crippen LogP contribution is 2.25. The molecule has 1 saturated carbocycles. The van der Waals surface area contributed by atoms with E-state index in [2.05, 4.69) is 36.4 Å². The standard InChI is InChI=1S/C15H20OS/c16-15-11-5-4-7-13(15)8-6-12-17-14-9-2-1-3-10-14/h1-3,6,8-10,13,15-16H,4-5,7,11-12H2/b8-6-/t13-,15+/m0/s1. The molecule has 1 nitrogen and oxygen atoms in total. The van der Waals surface area contributed by atoms with Crippen molar-refractivity contribution < 1.29 is 5.11 Å². The number of hydrogen-bond acceptors (Lipinski definition) is 2. The molecule has 0 unspecified atom stereocenters. The summed E-state index contributed by atoms with van der Waals surface area (Å²) in [5, 5.41) is 9.83. The highest BCUT2D eigenvalue weighted by atomic mass is 32.2. The van der Waals surface area contributed by atoms with Crippen molar-refractivity contribution in [3.8, 4) is 0 Å². The monoisotopic (exact) mass is 248 g/mol. The summed E-state index contributed by atoms with van der Waals surface area (Å²) in [7, 11) is 0. The van der Waals surface area contributed by atoms with Crippen LogP contribution in [0.15, 0.2) is 47.4 Å². The summed E-state index contributed by atoms with van der Waals surface area (Å²) in [5.41, 5.74) is 0. The number of rotatable bonds is 4. The number of benzene rings is 1. The van der Waals surface area contributed by atoms with Gasteiger partial charge >= 0.3 is 0 Å². The van der Waals surface area contributed by atoms with Gasteiger partial charge in [0, 0.05) is 16.6 Å². The van der Waals surface area contributed by atoms with Crippen molar-refractivity contribution in [1.29, 1.82) is 0 Å². The first-order valence-electron chi connectivity index (χ1n) is 6.39. The molecule has 0 aliphatic heterocycles. The van der Waals surface area contributed by atoms with Crippen LogP contribution in [-0.4, -0.2) is 17.0 Å². The molecule has 17 heavy (non-hydrogen) atoms. The van der Waals surface area contributed by atoms with Crippen molar-refractivity contribution in [2.45, 2.75) is 36.7 Å². The SMILES string of the molecule is O[C@@H]1CCCC[C@H]1/C=C\CSc1ccccc1. The van der Waals surface area contributed by atoms with E-state index in [1.165, 1.54) is 17.7 Å². The molecule has 1 aliphatic carbocycles. The number of aliphatic hydroxyl groups is 1. The third-order valence-electron chi connectivity index (χ3n) is 3.25. The van der Waals surface area contributed by atoms with Gasteiger partial charge in [-0.15, -0.1) is 11.8 Å². The predicted octanol–water partition coefficient (Wildman–Crippen LogP) is 3.89. The fourth-order valence-corrected chi connectivity index (χ4v) is 3.01. The highest BCUT2D eigenvalue weighted by Gasteiger charge is 2.19. The Morgan fingerprint density at radius 2 is 1.94 bits per heavy atom. The fourth-order valence-electron chi connectivity index (χ4n) is 2.26. The van der Waals surface area contributed by atoms with E-state index in [0.29, 0.717) is 5.92 Å². The molecule has 92 valence electrons. The molecule has 1 N–H and O–H groups in total. The molecule has 0 spiro atoms. The zero-order chi connectivity index (χ0) is 11.9.